The van der Waals surface area contributed by atoms with Crippen molar-refractivity contribution in [1.29, 1.82) is 0 Å². The fourth-order valence-corrected chi connectivity index (χ4v) is 1.96. The SMILES string of the molecule is O=C(O)c1cncnc1NCCCN1CCOCC1. The fraction of sp³-hybridized carbons (Fsp3) is 0.583. The Labute approximate surface area is 111 Å². The fourth-order valence-electron chi connectivity index (χ4n) is 1.96. The first-order valence-electron chi connectivity index (χ1n) is 6.34. The van der Waals surface area contributed by atoms with Gasteiger partial charge in [-0.25, -0.2) is 14.8 Å². The quantitative estimate of drug-likeness (QED) is 0.716. The molecule has 19 heavy (non-hydrogen) atoms. The molecule has 0 unspecified atom stereocenters. The number of anilines is 1. The van der Waals surface area contributed by atoms with Crippen LogP contribution in [0.25, 0.3) is 0 Å². The highest BCUT2D eigenvalue weighted by Crippen LogP contribution is 2.09. The third-order valence-corrected chi connectivity index (χ3v) is 2.99. The van der Waals surface area contributed by atoms with E-state index < -0.39 is 5.97 Å². The lowest BCUT2D eigenvalue weighted by molar-refractivity contribution is 0.0378. The van der Waals surface area contributed by atoms with Crippen molar-refractivity contribution in [2.75, 3.05) is 44.7 Å². The Morgan fingerprint density at radius 2 is 2.26 bits per heavy atom. The van der Waals surface area contributed by atoms with E-state index >= 15 is 0 Å². The molecular weight excluding hydrogens is 248 g/mol. The van der Waals surface area contributed by atoms with Crippen molar-refractivity contribution in [3.63, 3.8) is 0 Å². The first-order chi connectivity index (χ1) is 9.27. The van der Waals surface area contributed by atoms with Crippen molar-refractivity contribution in [3.05, 3.63) is 18.1 Å². The maximum Gasteiger partial charge on any atom is 0.341 e. The molecule has 1 aliphatic heterocycles. The van der Waals surface area contributed by atoms with Crippen LogP contribution in [0.2, 0.25) is 0 Å². The van der Waals surface area contributed by atoms with E-state index in [4.69, 9.17) is 9.84 Å². The zero-order chi connectivity index (χ0) is 13.5. The number of carboxylic acid groups (broad SMARTS) is 1. The van der Waals surface area contributed by atoms with E-state index in [1.165, 1.54) is 12.5 Å². The minimum Gasteiger partial charge on any atom is -0.477 e. The molecule has 1 fully saturated rings. The maximum atomic E-state index is 11.0. The molecule has 104 valence electrons. The average Bonchev–Trinajstić information content (AvgIpc) is 2.45. The van der Waals surface area contributed by atoms with Gasteiger partial charge in [-0.15, -0.1) is 0 Å². The van der Waals surface area contributed by atoms with Crippen LogP contribution in [0.5, 0.6) is 0 Å². The highest BCUT2D eigenvalue weighted by atomic mass is 16.5. The van der Waals surface area contributed by atoms with Gasteiger partial charge in [0.2, 0.25) is 0 Å². The van der Waals surface area contributed by atoms with Gasteiger partial charge in [-0.2, -0.15) is 0 Å². The molecule has 0 radical (unpaired) electrons. The van der Waals surface area contributed by atoms with Crippen LogP contribution >= 0.6 is 0 Å². The predicted molar refractivity (Wildman–Crippen MR) is 69.4 cm³/mol. The molecule has 0 aliphatic carbocycles. The van der Waals surface area contributed by atoms with E-state index in [1.807, 2.05) is 0 Å². The van der Waals surface area contributed by atoms with Gasteiger partial charge >= 0.3 is 5.97 Å². The molecule has 0 spiro atoms. The van der Waals surface area contributed by atoms with E-state index in [1.54, 1.807) is 0 Å². The van der Waals surface area contributed by atoms with Crippen LogP contribution < -0.4 is 5.32 Å². The summed E-state index contributed by atoms with van der Waals surface area (Å²) in [6.07, 6.45) is 3.58. The van der Waals surface area contributed by atoms with Crippen LogP contribution in [0.15, 0.2) is 12.5 Å². The van der Waals surface area contributed by atoms with Crippen molar-refractivity contribution in [1.82, 2.24) is 14.9 Å². The molecule has 2 rings (SSSR count). The van der Waals surface area contributed by atoms with Gasteiger partial charge in [-0.3, -0.25) is 4.90 Å². The Hall–Kier alpha value is -1.73. The zero-order valence-electron chi connectivity index (χ0n) is 10.7. The molecular formula is C12H18N4O3. The highest BCUT2D eigenvalue weighted by Gasteiger charge is 2.12. The number of nitrogens with one attached hydrogen (secondary N) is 1. The molecule has 0 atom stereocenters. The summed E-state index contributed by atoms with van der Waals surface area (Å²) in [6, 6.07) is 0. The summed E-state index contributed by atoms with van der Waals surface area (Å²) in [5.74, 6) is -0.638. The number of nitrogens with zero attached hydrogens (tertiary/aromatic N) is 3. The summed E-state index contributed by atoms with van der Waals surface area (Å²) < 4.78 is 5.28. The second-order valence-electron chi connectivity index (χ2n) is 4.32. The molecule has 7 heteroatoms. The van der Waals surface area contributed by atoms with E-state index in [0.717, 1.165) is 39.3 Å². The molecule has 0 amide bonds. The largest absolute Gasteiger partial charge is 0.477 e. The summed E-state index contributed by atoms with van der Waals surface area (Å²) in [7, 11) is 0. The summed E-state index contributed by atoms with van der Waals surface area (Å²) in [5, 5.41) is 12.0. The number of rotatable bonds is 6. The molecule has 0 bridgehead atoms. The average molecular weight is 266 g/mol. The lowest BCUT2D eigenvalue weighted by Gasteiger charge is -2.26. The van der Waals surface area contributed by atoms with E-state index in [0.29, 0.717) is 12.4 Å². The molecule has 2 N–H and O–H groups in total. The summed E-state index contributed by atoms with van der Waals surface area (Å²) in [5.41, 5.74) is 0.105. The number of ether oxygens (including phenoxy) is 1. The Morgan fingerprint density at radius 1 is 1.47 bits per heavy atom. The van der Waals surface area contributed by atoms with E-state index in [9.17, 15) is 4.79 Å². The van der Waals surface area contributed by atoms with Gasteiger partial charge < -0.3 is 15.2 Å². The standard InChI is InChI=1S/C12H18N4O3/c17-12(18)10-8-13-9-15-11(10)14-2-1-3-16-4-6-19-7-5-16/h8-9H,1-7H2,(H,17,18)(H,13,14,15). The van der Waals surface area contributed by atoms with E-state index in [2.05, 4.69) is 20.2 Å². The van der Waals surface area contributed by atoms with Crippen LogP contribution in [0, 0.1) is 0 Å². The second-order valence-corrected chi connectivity index (χ2v) is 4.32. The number of carboxylic acids is 1. The lowest BCUT2D eigenvalue weighted by atomic mass is 10.3. The molecule has 1 aliphatic rings. The third-order valence-electron chi connectivity index (χ3n) is 2.99. The van der Waals surface area contributed by atoms with Gasteiger partial charge in [0.25, 0.3) is 0 Å². The van der Waals surface area contributed by atoms with Gasteiger partial charge in [-0.1, -0.05) is 0 Å². The maximum absolute atomic E-state index is 11.0. The van der Waals surface area contributed by atoms with Gasteiger partial charge in [-0.05, 0) is 13.0 Å². The number of hydrogen-bond donors (Lipinski definition) is 2. The smallest absolute Gasteiger partial charge is 0.341 e. The zero-order valence-corrected chi connectivity index (χ0v) is 10.7. The summed E-state index contributed by atoms with van der Waals surface area (Å²) in [4.78, 5) is 21.0. The molecule has 7 nitrogen and oxygen atoms in total. The molecule has 1 aromatic rings. The summed E-state index contributed by atoms with van der Waals surface area (Å²) in [6.45, 7) is 5.19. The molecule has 2 heterocycles. The number of aromatic carboxylic acids is 1. The minimum absolute atomic E-state index is 0.105. The highest BCUT2D eigenvalue weighted by molar-refractivity contribution is 5.92. The topological polar surface area (TPSA) is 87.6 Å². The van der Waals surface area contributed by atoms with Crippen LogP contribution in [-0.2, 0) is 4.74 Å². The first-order valence-corrected chi connectivity index (χ1v) is 6.34. The monoisotopic (exact) mass is 266 g/mol. The second kappa shape index (κ2) is 7.01. The van der Waals surface area contributed by atoms with Crippen molar-refractivity contribution < 1.29 is 14.6 Å². The van der Waals surface area contributed by atoms with Crippen molar-refractivity contribution in [2.24, 2.45) is 0 Å². The normalized spacial score (nSPS) is 16.2. The van der Waals surface area contributed by atoms with Gasteiger partial charge in [0.15, 0.2) is 0 Å². The molecule has 1 aromatic heterocycles. The number of aromatic nitrogens is 2. The number of carbonyl (C=O) groups is 1. The molecule has 1 saturated heterocycles. The lowest BCUT2D eigenvalue weighted by Crippen LogP contribution is -2.37. The van der Waals surface area contributed by atoms with Gasteiger partial charge in [0, 0.05) is 25.8 Å². The Bertz CT molecular complexity index is 421. The van der Waals surface area contributed by atoms with Crippen LogP contribution in [-0.4, -0.2) is 65.3 Å². The third kappa shape index (κ3) is 4.15. The first kappa shape index (κ1) is 13.7. The van der Waals surface area contributed by atoms with Crippen molar-refractivity contribution in [2.45, 2.75) is 6.42 Å². The Kier molecular flexibility index (Phi) is 5.05. The Balaban J connectivity index is 1.74. The molecule has 0 aromatic carbocycles. The van der Waals surface area contributed by atoms with Gasteiger partial charge in [0.05, 0.1) is 13.2 Å². The van der Waals surface area contributed by atoms with E-state index in [-0.39, 0.29) is 5.56 Å². The summed E-state index contributed by atoms with van der Waals surface area (Å²) >= 11 is 0. The Morgan fingerprint density at radius 3 is 3.00 bits per heavy atom. The van der Waals surface area contributed by atoms with Crippen LogP contribution in [0.3, 0.4) is 0 Å². The van der Waals surface area contributed by atoms with Crippen LogP contribution in [0.4, 0.5) is 5.82 Å². The predicted octanol–water partition coefficient (Wildman–Crippen LogP) is 0.309. The molecule has 0 saturated carbocycles. The number of hydrogen-bond acceptors (Lipinski definition) is 6. The van der Waals surface area contributed by atoms with Crippen molar-refractivity contribution in [3.8, 4) is 0 Å². The number of morpholine rings is 1. The van der Waals surface area contributed by atoms with Gasteiger partial charge in [0.1, 0.15) is 17.7 Å². The minimum atomic E-state index is -1.02. The van der Waals surface area contributed by atoms with Crippen molar-refractivity contribution >= 4 is 11.8 Å². The van der Waals surface area contributed by atoms with Crippen LogP contribution in [0.1, 0.15) is 16.8 Å².